The molecule has 0 aromatic carbocycles. The molecule has 9 heteroatoms. The molecule has 5 nitrogen and oxygen atoms in total. The van der Waals surface area contributed by atoms with Crippen LogP contribution in [0.4, 0.5) is 13.2 Å². The molecular weight excluding hydrogens is 559 g/mol. The number of thioether (sulfide) groups is 1. The van der Waals surface area contributed by atoms with Crippen molar-refractivity contribution in [2.24, 2.45) is 17.8 Å². The number of hydrogen-bond acceptors (Lipinski definition) is 5. The van der Waals surface area contributed by atoms with Gasteiger partial charge in [-0.2, -0.15) is 0 Å². The second-order valence-corrected chi connectivity index (χ2v) is 15.2. The summed E-state index contributed by atoms with van der Waals surface area (Å²) in [6.45, 7) is 5.89. The minimum atomic E-state index is -1.33. The first-order valence-corrected chi connectivity index (χ1v) is 17.6. The number of rotatable bonds is 10. The predicted molar refractivity (Wildman–Crippen MR) is 164 cm³/mol. The van der Waals surface area contributed by atoms with Gasteiger partial charge in [0, 0.05) is 42.5 Å². The molecule has 1 aromatic heterocycles. The highest BCUT2D eigenvalue weighted by Crippen LogP contribution is 2.52. The van der Waals surface area contributed by atoms with E-state index >= 15 is 8.78 Å². The van der Waals surface area contributed by atoms with Crippen molar-refractivity contribution in [1.82, 2.24) is 14.5 Å². The van der Waals surface area contributed by atoms with Gasteiger partial charge in [0.2, 0.25) is 0 Å². The Morgan fingerprint density at radius 2 is 1.79 bits per heavy atom. The summed E-state index contributed by atoms with van der Waals surface area (Å²) in [5.41, 5.74) is 2.45. The maximum Gasteiger partial charge on any atom is 0.168 e. The molecule has 5 rings (SSSR count). The third-order valence-corrected chi connectivity index (χ3v) is 12.2. The van der Waals surface area contributed by atoms with E-state index in [0.717, 1.165) is 62.3 Å². The van der Waals surface area contributed by atoms with Gasteiger partial charge in [-0.15, -0.1) is 0 Å². The molecule has 0 N–H and O–H groups in total. The van der Waals surface area contributed by atoms with E-state index in [1.54, 1.807) is 0 Å². The van der Waals surface area contributed by atoms with Crippen LogP contribution in [0.2, 0.25) is 0 Å². The first kappa shape index (κ1) is 32.6. The molecule has 3 saturated carbocycles. The van der Waals surface area contributed by atoms with Crippen molar-refractivity contribution < 1.29 is 22.6 Å². The van der Waals surface area contributed by atoms with Crippen molar-refractivity contribution in [2.45, 2.75) is 138 Å². The van der Waals surface area contributed by atoms with Crippen LogP contribution in [-0.2, 0) is 21.3 Å². The summed E-state index contributed by atoms with van der Waals surface area (Å²) in [5, 5.41) is 0.887. The lowest BCUT2D eigenvalue weighted by Crippen LogP contribution is -2.44. The molecule has 1 aromatic rings. The highest BCUT2D eigenvalue weighted by molar-refractivity contribution is 7.99. The fourth-order valence-electron chi connectivity index (χ4n) is 8.40. The lowest BCUT2D eigenvalue weighted by Gasteiger charge is -2.47. The number of aromatic nitrogens is 2. The number of likely N-dealkylation sites (N-methyl/N-ethyl adjacent to an activating group) is 1. The van der Waals surface area contributed by atoms with Crippen molar-refractivity contribution in [3.05, 3.63) is 11.4 Å². The highest BCUT2D eigenvalue weighted by atomic mass is 32.2. The summed E-state index contributed by atoms with van der Waals surface area (Å²) in [5.74, 6) is 0.674. The smallest absolute Gasteiger partial charge is 0.168 e. The average Bonchev–Trinajstić information content (AvgIpc) is 3.34. The summed E-state index contributed by atoms with van der Waals surface area (Å²) in [4.78, 5) is 7.24. The quantitative estimate of drug-likeness (QED) is 0.256. The Kier molecular flexibility index (Phi) is 11.0. The van der Waals surface area contributed by atoms with E-state index in [1.807, 2.05) is 26.1 Å². The minimum absolute atomic E-state index is 0.0374. The molecule has 0 bridgehead atoms. The molecule has 0 radical (unpaired) electrons. The van der Waals surface area contributed by atoms with Gasteiger partial charge < -0.3 is 18.9 Å². The molecule has 4 aliphatic carbocycles. The van der Waals surface area contributed by atoms with Gasteiger partial charge in [-0.3, -0.25) is 0 Å². The zero-order valence-corrected chi connectivity index (χ0v) is 27.3. The van der Waals surface area contributed by atoms with Gasteiger partial charge in [0.15, 0.2) is 5.16 Å². The number of nitrogens with zero attached hydrogens (tertiary/aromatic N) is 3. The van der Waals surface area contributed by atoms with Crippen LogP contribution < -0.4 is 0 Å². The van der Waals surface area contributed by atoms with Gasteiger partial charge in [0.1, 0.15) is 18.5 Å². The number of aryl methyl sites for hydroxylation is 1. The molecule has 4 aliphatic rings. The molecule has 0 spiro atoms. The standard InChI is InChI=1S/C33H54F3N3O2S/c1-21-8-9-22(19-29(21)40-5)33(2)16-6-7-27-31(33)39(24-12-10-23(34)11-13-24)32(37-27)42-20-25-26(35)14-15-28(30(25)36)41-18-17-38(3)4/h21-26,28-30H,6-20H2,1-5H3. The van der Waals surface area contributed by atoms with Crippen LogP contribution >= 0.6 is 11.8 Å². The van der Waals surface area contributed by atoms with Gasteiger partial charge in [0.25, 0.3) is 0 Å². The molecule has 0 aliphatic heterocycles. The van der Waals surface area contributed by atoms with Crippen molar-refractivity contribution in [3.63, 3.8) is 0 Å². The van der Waals surface area contributed by atoms with Gasteiger partial charge in [-0.1, -0.05) is 25.6 Å². The Balaban J connectivity index is 1.41. The number of ether oxygens (including phenoxy) is 2. The lowest BCUT2D eigenvalue weighted by atomic mass is 9.61. The van der Waals surface area contributed by atoms with Crippen molar-refractivity contribution in [3.8, 4) is 0 Å². The molecule has 8 unspecified atom stereocenters. The third-order valence-electron chi connectivity index (χ3n) is 11.1. The minimum Gasteiger partial charge on any atom is -0.381 e. The van der Waals surface area contributed by atoms with Crippen LogP contribution in [0.3, 0.4) is 0 Å². The first-order chi connectivity index (χ1) is 20.1. The van der Waals surface area contributed by atoms with E-state index in [9.17, 15) is 4.39 Å². The van der Waals surface area contributed by atoms with Gasteiger partial charge >= 0.3 is 0 Å². The van der Waals surface area contributed by atoms with E-state index in [0.29, 0.717) is 49.9 Å². The molecule has 0 amide bonds. The van der Waals surface area contributed by atoms with Crippen molar-refractivity contribution >= 4 is 11.8 Å². The fraction of sp³-hybridized carbons (Fsp3) is 0.909. The van der Waals surface area contributed by atoms with Crippen LogP contribution in [0.15, 0.2) is 5.16 Å². The maximum atomic E-state index is 15.7. The second-order valence-electron chi connectivity index (χ2n) is 14.2. The second kappa shape index (κ2) is 14.1. The number of methoxy groups -OCH3 is 1. The molecule has 3 fully saturated rings. The Hall–Kier alpha value is -0.770. The highest BCUT2D eigenvalue weighted by Gasteiger charge is 2.47. The van der Waals surface area contributed by atoms with E-state index in [1.165, 1.54) is 23.9 Å². The van der Waals surface area contributed by atoms with E-state index in [-0.39, 0.29) is 17.6 Å². The van der Waals surface area contributed by atoms with Gasteiger partial charge in [-0.05, 0) is 103 Å². The largest absolute Gasteiger partial charge is 0.381 e. The molecular formula is C33H54F3N3O2S. The Bertz CT molecular complexity index is 1020. The molecule has 0 saturated heterocycles. The Morgan fingerprint density at radius 3 is 2.50 bits per heavy atom. The summed E-state index contributed by atoms with van der Waals surface area (Å²) in [7, 11) is 5.77. The zero-order chi connectivity index (χ0) is 30.0. The Morgan fingerprint density at radius 1 is 1.02 bits per heavy atom. The summed E-state index contributed by atoms with van der Waals surface area (Å²) in [6, 6.07) is 0.185. The number of hydrogen-bond donors (Lipinski definition) is 0. The Labute approximate surface area is 256 Å². The van der Waals surface area contributed by atoms with E-state index < -0.39 is 30.5 Å². The maximum absolute atomic E-state index is 15.7. The predicted octanol–water partition coefficient (Wildman–Crippen LogP) is 7.51. The number of halogens is 3. The summed E-state index contributed by atoms with van der Waals surface area (Å²) in [6.07, 6.45) is 6.45. The van der Waals surface area contributed by atoms with Gasteiger partial charge in [0.05, 0.1) is 24.5 Å². The topological polar surface area (TPSA) is 39.5 Å². The fourth-order valence-corrected chi connectivity index (χ4v) is 9.69. The van der Waals surface area contributed by atoms with Crippen molar-refractivity contribution in [1.29, 1.82) is 0 Å². The SMILES string of the molecule is COC1CC(C2(C)CCCc3nc(SCC4C(F)CCC(OCCN(C)C)C4F)n(C4CCC(F)CC4)c32)CCC1C. The molecule has 8 atom stereocenters. The molecule has 1 heterocycles. The zero-order valence-electron chi connectivity index (χ0n) is 26.5. The monoisotopic (exact) mass is 613 g/mol. The summed E-state index contributed by atoms with van der Waals surface area (Å²) >= 11 is 1.52. The molecule has 240 valence electrons. The van der Waals surface area contributed by atoms with Crippen LogP contribution in [0.25, 0.3) is 0 Å². The van der Waals surface area contributed by atoms with Gasteiger partial charge in [-0.25, -0.2) is 18.2 Å². The first-order valence-electron chi connectivity index (χ1n) is 16.6. The number of fused-ring (bicyclic) bond motifs is 1. The van der Waals surface area contributed by atoms with E-state index in [4.69, 9.17) is 14.5 Å². The normalized spacial score (nSPS) is 39.4. The molecule has 42 heavy (non-hydrogen) atoms. The van der Waals surface area contributed by atoms with Crippen LogP contribution in [0.5, 0.6) is 0 Å². The average molecular weight is 614 g/mol. The number of alkyl halides is 3. The van der Waals surface area contributed by atoms with Crippen LogP contribution in [-0.4, -0.2) is 85.3 Å². The van der Waals surface area contributed by atoms with Crippen LogP contribution in [0.1, 0.15) is 102 Å². The van der Waals surface area contributed by atoms with E-state index in [2.05, 4.69) is 18.4 Å². The lowest BCUT2D eigenvalue weighted by molar-refractivity contribution is -0.0676. The number of imidazole rings is 1. The van der Waals surface area contributed by atoms with Crippen LogP contribution in [0, 0.1) is 17.8 Å². The van der Waals surface area contributed by atoms with Crippen molar-refractivity contribution in [2.75, 3.05) is 40.1 Å². The third kappa shape index (κ3) is 6.89. The summed E-state index contributed by atoms with van der Waals surface area (Å²) < 4.78 is 59.5.